The minimum absolute atomic E-state index is 0.215. The van der Waals surface area contributed by atoms with E-state index in [4.69, 9.17) is 9.73 Å². The Bertz CT molecular complexity index is 1420. The molecule has 2 heterocycles. The van der Waals surface area contributed by atoms with E-state index >= 15 is 0 Å². The topological polar surface area (TPSA) is 81.7 Å². The van der Waals surface area contributed by atoms with E-state index in [9.17, 15) is 8.42 Å². The first-order valence-corrected chi connectivity index (χ1v) is 13.1. The molecule has 0 aliphatic rings. The number of aromatic nitrogens is 3. The zero-order valence-electron chi connectivity index (χ0n) is 19.3. The average molecular weight is 498 g/mol. The van der Waals surface area contributed by atoms with Gasteiger partial charge in [0.15, 0.2) is 4.80 Å². The van der Waals surface area contributed by atoms with Crippen molar-refractivity contribution in [2.75, 3.05) is 21.2 Å². The summed E-state index contributed by atoms with van der Waals surface area (Å²) in [6.07, 6.45) is 6.40. The molecule has 10 heteroatoms. The van der Waals surface area contributed by atoms with Crippen molar-refractivity contribution in [1.82, 2.24) is 18.4 Å². The van der Waals surface area contributed by atoms with Gasteiger partial charge in [-0.3, -0.25) is 0 Å². The molecule has 0 aliphatic heterocycles. The summed E-state index contributed by atoms with van der Waals surface area (Å²) in [6.45, 7) is 1.55. The molecule has 0 saturated heterocycles. The first kappa shape index (κ1) is 23.9. The van der Waals surface area contributed by atoms with Crippen molar-refractivity contribution < 1.29 is 13.2 Å². The Kier molecular flexibility index (Phi) is 7.30. The number of nitrogens with zero attached hydrogens (tertiary/aromatic N) is 5. The average Bonchev–Trinajstić information content (AvgIpc) is 3.49. The minimum Gasteiger partial charge on any atom is -0.496 e. The van der Waals surface area contributed by atoms with Crippen LogP contribution in [0.4, 0.5) is 5.69 Å². The summed E-state index contributed by atoms with van der Waals surface area (Å²) in [4.78, 5) is 9.94. The maximum absolute atomic E-state index is 12.6. The van der Waals surface area contributed by atoms with Crippen molar-refractivity contribution in [2.24, 2.45) is 4.99 Å². The molecule has 34 heavy (non-hydrogen) atoms. The van der Waals surface area contributed by atoms with Crippen LogP contribution in [-0.4, -0.2) is 48.0 Å². The van der Waals surface area contributed by atoms with Gasteiger partial charge in [0.05, 0.1) is 29.7 Å². The van der Waals surface area contributed by atoms with Gasteiger partial charge < -0.3 is 13.9 Å². The predicted octanol–water partition coefficient (Wildman–Crippen LogP) is 3.99. The van der Waals surface area contributed by atoms with Gasteiger partial charge in [-0.05, 0) is 36.8 Å². The van der Waals surface area contributed by atoms with Gasteiger partial charge in [0, 0.05) is 50.5 Å². The largest absolute Gasteiger partial charge is 0.496 e. The van der Waals surface area contributed by atoms with Crippen molar-refractivity contribution in [2.45, 2.75) is 24.4 Å². The Morgan fingerprint density at radius 3 is 2.68 bits per heavy atom. The van der Waals surface area contributed by atoms with E-state index in [-0.39, 0.29) is 4.90 Å². The smallest absolute Gasteiger partial charge is 0.242 e. The second kappa shape index (κ2) is 10.4. The number of rotatable bonds is 9. The second-order valence-corrected chi connectivity index (χ2v) is 10.8. The standard InChI is InChI=1S/C24H27N5O3S2/c1-27(2)34(30,31)20-9-6-8-19(16-20)26-24-29(14-7-13-28-15-12-25-18-28)22(17-33-24)21-10-4-5-11-23(21)32-3/h4-6,8-12,15-18H,7,13-14H2,1-3H3. The lowest BCUT2D eigenvalue weighted by Crippen LogP contribution is -2.22. The molecule has 4 aromatic rings. The number of aryl methyl sites for hydroxylation is 1. The maximum Gasteiger partial charge on any atom is 0.242 e. The van der Waals surface area contributed by atoms with E-state index in [1.165, 1.54) is 29.7 Å². The Balaban J connectivity index is 1.76. The highest BCUT2D eigenvalue weighted by Crippen LogP contribution is 2.30. The molecule has 0 amide bonds. The van der Waals surface area contributed by atoms with Gasteiger partial charge in [-0.25, -0.2) is 22.7 Å². The van der Waals surface area contributed by atoms with Gasteiger partial charge in [0.2, 0.25) is 10.0 Å². The summed E-state index contributed by atoms with van der Waals surface area (Å²) >= 11 is 1.51. The summed E-state index contributed by atoms with van der Waals surface area (Å²) in [7, 11) is 1.16. The van der Waals surface area contributed by atoms with E-state index in [1.54, 1.807) is 37.8 Å². The fourth-order valence-electron chi connectivity index (χ4n) is 3.57. The van der Waals surface area contributed by atoms with E-state index in [0.717, 1.165) is 41.3 Å². The molecule has 4 rings (SSSR count). The van der Waals surface area contributed by atoms with Crippen LogP contribution in [0.5, 0.6) is 5.75 Å². The third kappa shape index (κ3) is 5.14. The minimum atomic E-state index is -3.54. The number of thiazole rings is 1. The van der Waals surface area contributed by atoms with Crippen LogP contribution in [0.3, 0.4) is 0 Å². The van der Waals surface area contributed by atoms with E-state index in [0.29, 0.717) is 5.69 Å². The Hall–Kier alpha value is -3.21. The Morgan fingerprint density at radius 2 is 1.94 bits per heavy atom. The summed E-state index contributed by atoms with van der Waals surface area (Å²) < 4.78 is 36.2. The van der Waals surface area contributed by atoms with Gasteiger partial charge in [0.25, 0.3) is 0 Å². The van der Waals surface area contributed by atoms with Crippen LogP contribution in [0.25, 0.3) is 11.3 Å². The molecule has 178 valence electrons. The predicted molar refractivity (Wildman–Crippen MR) is 134 cm³/mol. The summed E-state index contributed by atoms with van der Waals surface area (Å²) in [5.74, 6) is 0.786. The quantitative estimate of drug-likeness (QED) is 0.350. The lowest BCUT2D eigenvalue weighted by molar-refractivity contribution is 0.416. The summed E-state index contributed by atoms with van der Waals surface area (Å²) in [5, 5.41) is 2.06. The van der Waals surface area contributed by atoms with Crippen LogP contribution in [0.15, 0.2) is 82.5 Å². The van der Waals surface area contributed by atoms with Crippen molar-refractivity contribution in [3.8, 4) is 17.0 Å². The third-order valence-electron chi connectivity index (χ3n) is 5.36. The molecule has 0 N–H and O–H groups in total. The molecule has 0 saturated carbocycles. The van der Waals surface area contributed by atoms with Crippen molar-refractivity contribution in [3.05, 3.63) is 77.4 Å². The molecule has 0 unspecified atom stereocenters. The molecule has 0 bridgehead atoms. The molecule has 0 radical (unpaired) electrons. The van der Waals surface area contributed by atoms with Crippen LogP contribution >= 0.6 is 11.3 Å². The summed E-state index contributed by atoms with van der Waals surface area (Å²) in [6, 6.07) is 14.6. The number of benzene rings is 2. The van der Waals surface area contributed by atoms with Crippen LogP contribution in [0, 0.1) is 0 Å². The number of ether oxygens (including phenoxy) is 1. The molecule has 0 spiro atoms. The molecular weight excluding hydrogens is 470 g/mol. The number of imidazole rings is 1. The lowest BCUT2D eigenvalue weighted by Gasteiger charge is -2.13. The van der Waals surface area contributed by atoms with E-state index in [2.05, 4.69) is 14.9 Å². The SMILES string of the molecule is COc1ccccc1-c1csc(=Nc2cccc(S(=O)(=O)N(C)C)c2)n1CCCn1ccnc1. The summed E-state index contributed by atoms with van der Waals surface area (Å²) in [5.41, 5.74) is 2.57. The van der Waals surface area contributed by atoms with E-state index < -0.39 is 10.0 Å². The Morgan fingerprint density at radius 1 is 1.12 bits per heavy atom. The van der Waals surface area contributed by atoms with Gasteiger partial charge in [0.1, 0.15) is 5.75 Å². The fourth-order valence-corrected chi connectivity index (χ4v) is 5.46. The van der Waals surface area contributed by atoms with Gasteiger partial charge in [-0.2, -0.15) is 0 Å². The van der Waals surface area contributed by atoms with Crippen LogP contribution in [0.2, 0.25) is 0 Å². The third-order valence-corrected chi connectivity index (χ3v) is 8.03. The normalized spacial score (nSPS) is 12.4. The first-order chi connectivity index (χ1) is 16.4. The lowest BCUT2D eigenvalue weighted by atomic mass is 10.1. The molecular formula is C24H27N5O3S2. The molecule has 2 aromatic heterocycles. The molecule has 2 aromatic carbocycles. The molecule has 0 aliphatic carbocycles. The maximum atomic E-state index is 12.6. The van der Waals surface area contributed by atoms with Gasteiger partial charge in [-0.15, -0.1) is 11.3 Å². The molecule has 0 atom stereocenters. The van der Waals surface area contributed by atoms with Crippen LogP contribution < -0.4 is 9.54 Å². The van der Waals surface area contributed by atoms with Crippen LogP contribution in [0.1, 0.15) is 6.42 Å². The van der Waals surface area contributed by atoms with Gasteiger partial charge >= 0.3 is 0 Å². The van der Waals surface area contributed by atoms with Crippen LogP contribution in [-0.2, 0) is 23.1 Å². The zero-order valence-corrected chi connectivity index (χ0v) is 21.0. The van der Waals surface area contributed by atoms with E-state index in [1.807, 2.05) is 41.1 Å². The monoisotopic (exact) mass is 497 g/mol. The van der Waals surface area contributed by atoms with Crippen molar-refractivity contribution in [3.63, 3.8) is 0 Å². The first-order valence-electron chi connectivity index (χ1n) is 10.7. The number of sulfonamides is 1. The highest BCUT2D eigenvalue weighted by molar-refractivity contribution is 7.89. The second-order valence-electron chi connectivity index (χ2n) is 7.81. The molecule has 0 fully saturated rings. The number of hydrogen-bond acceptors (Lipinski definition) is 6. The fraction of sp³-hybridized carbons (Fsp3) is 0.250. The number of para-hydroxylation sites is 1. The number of methoxy groups -OCH3 is 1. The van der Waals surface area contributed by atoms with Crippen molar-refractivity contribution >= 4 is 27.0 Å². The van der Waals surface area contributed by atoms with Crippen molar-refractivity contribution in [1.29, 1.82) is 0 Å². The molecule has 8 nitrogen and oxygen atoms in total. The highest BCUT2D eigenvalue weighted by Gasteiger charge is 2.17. The zero-order chi connectivity index (χ0) is 24.1. The Labute approximate surface area is 203 Å². The highest BCUT2D eigenvalue weighted by atomic mass is 32.2. The number of hydrogen-bond donors (Lipinski definition) is 0. The van der Waals surface area contributed by atoms with Gasteiger partial charge in [-0.1, -0.05) is 18.2 Å².